The quantitative estimate of drug-likeness (QED) is 0.897. The number of rotatable bonds is 4. The van der Waals surface area contributed by atoms with E-state index in [-0.39, 0.29) is 0 Å². The number of nitrogens with zero attached hydrogens (tertiary/aromatic N) is 4. The van der Waals surface area contributed by atoms with Crippen LogP contribution < -0.4 is 5.73 Å². The van der Waals surface area contributed by atoms with Gasteiger partial charge in [-0.1, -0.05) is 0 Å². The number of aromatic nitrogens is 3. The third kappa shape index (κ3) is 2.83. The van der Waals surface area contributed by atoms with Gasteiger partial charge in [0.05, 0.1) is 6.20 Å². The second kappa shape index (κ2) is 4.85. The van der Waals surface area contributed by atoms with Crippen molar-refractivity contribution in [3.05, 3.63) is 29.0 Å². The Labute approximate surface area is 105 Å². The maximum Gasteiger partial charge on any atom is 0.180 e. The summed E-state index contributed by atoms with van der Waals surface area (Å²) in [5.41, 5.74) is 6.84. The van der Waals surface area contributed by atoms with Crippen molar-refractivity contribution in [1.29, 1.82) is 0 Å². The number of anilines is 1. The molecule has 0 aliphatic carbocycles. The van der Waals surface area contributed by atoms with Crippen LogP contribution in [0.15, 0.2) is 18.6 Å². The van der Waals surface area contributed by atoms with E-state index in [1.54, 1.807) is 0 Å². The van der Waals surface area contributed by atoms with Crippen LogP contribution in [0.4, 0.5) is 5.13 Å². The zero-order chi connectivity index (χ0) is 12.4. The van der Waals surface area contributed by atoms with E-state index in [1.165, 1.54) is 21.8 Å². The molecule has 5 nitrogen and oxygen atoms in total. The van der Waals surface area contributed by atoms with Gasteiger partial charge in [-0.3, -0.25) is 9.58 Å². The van der Waals surface area contributed by atoms with E-state index in [1.807, 2.05) is 30.3 Å². The summed E-state index contributed by atoms with van der Waals surface area (Å²) in [6.07, 6.45) is 5.79. The molecule has 0 fully saturated rings. The fourth-order valence-corrected chi connectivity index (χ4v) is 2.44. The number of hydrogen-bond donors (Lipinski definition) is 1. The van der Waals surface area contributed by atoms with Crippen molar-refractivity contribution in [2.75, 3.05) is 12.8 Å². The first kappa shape index (κ1) is 12.1. The molecule has 0 aromatic carbocycles. The van der Waals surface area contributed by atoms with Crippen LogP contribution in [0, 0.1) is 0 Å². The highest BCUT2D eigenvalue weighted by Gasteiger charge is 2.14. The molecule has 0 saturated carbocycles. The maximum atomic E-state index is 5.62. The first-order valence-electron chi connectivity index (χ1n) is 5.45. The lowest BCUT2D eigenvalue weighted by atomic mass is 10.1. The molecule has 2 N–H and O–H groups in total. The molecule has 6 heteroatoms. The van der Waals surface area contributed by atoms with E-state index < -0.39 is 0 Å². The molecule has 2 aromatic rings. The SMILES string of the molecule is CC(c1cnn(C)c1)N(C)Cc1cnc(N)s1. The van der Waals surface area contributed by atoms with Crippen molar-refractivity contribution in [2.24, 2.45) is 7.05 Å². The topological polar surface area (TPSA) is 60.0 Å². The Balaban J connectivity index is 2.02. The van der Waals surface area contributed by atoms with Gasteiger partial charge in [0.2, 0.25) is 0 Å². The second-order valence-corrected chi connectivity index (χ2v) is 5.35. The van der Waals surface area contributed by atoms with Crippen LogP contribution in [0.25, 0.3) is 0 Å². The van der Waals surface area contributed by atoms with Gasteiger partial charge in [-0.15, -0.1) is 11.3 Å². The summed E-state index contributed by atoms with van der Waals surface area (Å²) in [4.78, 5) is 7.49. The lowest BCUT2D eigenvalue weighted by Crippen LogP contribution is -2.21. The Kier molecular flexibility index (Phi) is 3.44. The minimum atomic E-state index is 0.326. The van der Waals surface area contributed by atoms with Crippen molar-refractivity contribution < 1.29 is 0 Å². The highest BCUT2D eigenvalue weighted by Crippen LogP contribution is 2.22. The third-order valence-corrected chi connectivity index (χ3v) is 3.66. The van der Waals surface area contributed by atoms with E-state index >= 15 is 0 Å². The van der Waals surface area contributed by atoms with Crippen LogP contribution in [0.3, 0.4) is 0 Å². The Bertz CT molecular complexity index is 490. The Hall–Kier alpha value is -1.40. The third-order valence-electron chi connectivity index (χ3n) is 2.85. The maximum absolute atomic E-state index is 5.62. The van der Waals surface area contributed by atoms with Gasteiger partial charge in [-0.05, 0) is 14.0 Å². The van der Waals surface area contributed by atoms with Crippen molar-refractivity contribution in [2.45, 2.75) is 19.5 Å². The van der Waals surface area contributed by atoms with Crippen molar-refractivity contribution >= 4 is 16.5 Å². The molecule has 92 valence electrons. The molecule has 0 radical (unpaired) electrons. The Morgan fingerprint density at radius 2 is 2.29 bits per heavy atom. The van der Waals surface area contributed by atoms with Gasteiger partial charge in [-0.25, -0.2) is 4.98 Å². The molecular formula is C11H17N5S. The molecule has 2 aromatic heterocycles. The van der Waals surface area contributed by atoms with E-state index in [9.17, 15) is 0 Å². The van der Waals surface area contributed by atoms with Gasteiger partial charge < -0.3 is 5.73 Å². The summed E-state index contributed by atoms with van der Waals surface area (Å²) in [5.74, 6) is 0. The zero-order valence-electron chi connectivity index (χ0n) is 10.3. The Morgan fingerprint density at radius 3 is 2.82 bits per heavy atom. The average molecular weight is 251 g/mol. The van der Waals surface area contributed by atoms with Crippen LogP contribution in [0.5, 0.6) is 0 Å². The van der Waals surface area contributed by atoms with Gasteiger partial charge in [0, 0.05) is 42.5 Å². The molecule has 0 spiro atoms. The second-order valence-electron chi connectivity index (χ2n) is 4.20. The van der Waals surface area contributed by atoms with Gasteiger partial charge in [0.1, 0.15) is 0 Å². The number of thiazole rings is 1. The van der Waals surface area contributed by atoms with Gasteiger partial charge in [0.25, 0.3) is 0 Å². The molecule has 1 atom stereocenters. The van der Waals surface area contributed by atoms with E-state index in [0.29, 0.717) is 11.2 Å². The molecule has 2 rings (SSSR count). The van der Waals surface area contributed by atoms with Crippen LogP contribution in [0.1, 0.15) is 23.4 Å². The molecule has 0 aliphatic rings. The van der Waals surface area contributed by atoms with Crippen molar-refractivity contribution in [3.8, 4) is 0 Å². The normalized spacial score (nSPS) is 13.2. The molecule has 0 saturated heterocycles. The van der Waals surface area contributed by atoms with Gasteiger partial charge in [0.15, 0.2) is 5.13 Å². The van der Waals surface area contributed by atoms with Gasteiger partial charge in [-0.2, -0.15) is 5.10 Å². The van der Waals surface area contributed by atoms with Crippen LogP contribution >= 0.6 is 11.3 Å². The van der Waals surface area contributed by atoms with Crippen LogP contribution in [-0.4, -0.2) is 26.7 Å². The fraction of sp³-hybridized carbons (Fsp3) is 0.455. The molecule has 17 heavy (non-hydrogen) atoms. The van der Waals surface area contributed by atoms with Crippen molar-refractivity contribution in [1.82, 2.24) is 19.7 Å². The number of nitrogens with two attached hydrogens (primary N) is 1. The number of aryl methyl sites for hydroxylation is 1. The molecule has 0 amide bonds. The molecule has 1 unspecified atom stereocenters. The predicted molar refractivity (Wildman–Crippen MR) is 69.6 cm³/mol. The smallest absolute Gasteiger partial charge is 0.180 e. The van der Waals surface area contributed by atoms with Crippen molar-refractivity contribution in [3.63, 3.8) is 0 Å². The molecule has 2 heterocycles. The summed E-state index contributed by atoms with van der Waals surface area (Å²) in [6.45, 7) is 3.02. The first-order chi connectivity index (χ1) is 8.06. The lowest BCUT2D eigenvalue weighted by molar-refractivity contribution is 0.255. The van der Waals surface area contributed by atoms with Gasteiger partial charge >= 0.3 is 0 Å². The number of hydrogen-bond acceptors (Lipinski definition) is 5. The van der Waals surface area contributed by atoms with E-state index in [4.69, 9.17) is 5.73 Å². The van der Waals surface area contributed by atoms with E-state index in [0.717, 1.165) is 6.54 Å². The molecule has 0 aliphatic heterocycles. The zero-order valence-corrected chi connectivity index (χ0v) is 11.1. The van der Waals surface area contributed by atoms with E-state index in [2.05, 4.69) is 29.0 Å². The van der Waals surface area contributed by atoms with Crippen LogP contribution in [-0.2, 0) is 13.6 Å². The average Bonchev–Trinajstić information content (AvgIpc) is 2.87. The minimum Gasteiger partial charge on any atom is -0.375 e. The summed E-state index contributed by atoms with van der Waals surface area (Å²) in [6, 6.07) is 0.326. The summed E-state index contributed by atoms with van der Waals surface area (Å²) >= 11 is 1.54. The lowest BCUT2D eigenvalue weighted by Gasteiger charge is -2.22. The summed E-state index contributed by atoms with van der Waals surface area (Å²) in [5, 5.41) is 4.82. The number of nitrogen functional groups attached to an aromatic ring is 1. The Morgan fingerprint density at radius 1 is 1.53 bits per heavy atom. The summed E-state index contributed by atoms with van der Waals surface area (Å²) in [7, 11) is 4.02. The molecule has 0 bridgehead atoms. The highest BCUT2D eigenvalue weighted by molar-refractivity contribution is 7.15. The largest absolute Gasteiger partial charge is 0.375 e. The summed E-state index contributed by atoms with van der Waals surface area (Å²) < 4.78 is 1.82. The monoisotopic (exact) mass is 251 g/mol. The molecular weight excluding hydrogens is 234 g/mol. The highest BCUT2D eigenvalue weighted by atomic mass is 32.1. The van der Waals surface area contributed by atoms with Crippen LogP contribution in [0.2, 0.25) is 0 Å². The fourth-order valence-electron chi connectivity index (χ4n) is 1.69. The predicted octanol–water partition coefficient (Wildman–Crippen LogP) is 1.65. The minimum absolute atomic E-state index is 0.326. The first-order valence-corrected chi connectivity index (χ1v) is 6.27. The standard InChI is InChI=1S/C11H17N5S/c1-8(9-4-14-16(3)6-9)15(2)7-10-5-13-11(12)17-10/h4-6,8H,7H2,1-3H3,(H2,12,13).